The molecule has 0 atom stereocenters. The van der Waals surface area contributed by atoms with Gasteiger partial charge in [-0.05, 0) is 30.3 Å². The summed E-state index contributed by atoms with van der Waals surface area (Å²) >= 11 is 0. The first-order chi connectivity index (χ1) is 13.3. The molecule has 0 unspecified atom stereocenters. The number of imidazole rings is 1. The maximum absolute atomic E-state index is 13.0. The summed E-state index contributed by atoms with van der Waals surface area (Å²) in [5.74, 6) is -0.0152. The molecular weight excluding hydrogens is 378 g/mol. The zero-order chi connectivity index (χ0) is 20.1. The number of nitrogens with zero attached hydrogens (tertiary/aromatic N) is 3. The molecule has 4 rings (SSSR count). The van der Waals surface area contributed by atoms with E-state index in [-0.39, 0.29) is 44.7 Å². The normalized spacial score (nSPS) is 14.3. The zero-order valence-electron chi connectivity index (χ0n) is 15.3. The smallest absolute Gasteiger partial charge is 0.254 e. The highest BCUT2D eigenvalue weighted by molar-refractivity contribution is 7.91. The number of benzene rings is 2. The van der Waals surface area contributed by atoms with Gasteiger partial charge in [0.25, 0.3) is 5.91 Å². The van der Waals surface area contributed by atoms with E-state index in [1.54, 1.807) is 36.1 Å². The van der Waals surface area contributed by atoms with Crippen LogP contribution in [0.25, 0.3) is 0 Å². The van der Waals surface area contributed by atoms with Crippen molar-refractivity contribution in [2.75, 3.05) is 7.05 Å². The van der Waals surface area contributed by atoms with E-state index in [0.29, 0.717) is 5.82 Å². The van der Waals surface area contributed by atoms with Crippen molar-refractivity contribution >= 4 is 21.5 Å². The Bertz CT molecular complexity index is 1230. The number of hydrogen-bond acceptors (Lipinski definition) is 5. The van der Waals surface area contributed by atoms with Crippen LogP contribution in [0.1, 0.15) is 32.1 Å². The molecule has 3 aromatic rings. The summed E-state index contributed by atoms with van der Waals surface area (Å²) < 4.78 is 27.8. The topological polar surface area (TPSA) is 89.3 Å². The van der Waals surface area contributed by atoms with E-state index in [1.807, 2.05) is 7.05 Å². The van der Waals surface area contributed by atoms with Crippen LogP contribution in [0.2, 0.25) is 0 Å². The van der Waals surface area contributed by atoms with Gasteiger partial charge in [0.2, 0.25) is 9.84 Å². The standard InChI is InChI=1S/C20H17N3O4S/c1-22-10-9-21-18(22)12-23(2)20(25)13-7-8-15-17(11-13)28(26,27)16-6-4-3-5-14(16)19(15)24/h3-11H,12H2,1-2H3. The molecule has 0 fully saturated rings. The van der Waals surface area contributed by atoms with Crippen LogP contribution in [0.5, 0.6) is 0 Å². The second-order valence-electron chi connectivity index (χ2n) is 6.66. The number of aryl methyl sites for hydroxylation is 1. The zero-order valence-corrected chi connectivity index (χ0v) is 16.1. The van der Waals surface area contributed by atoms with Crippen molar-refractivity contribution in [1.29, 1.82) is 0 Å². The molecule has 2 aromatic carbocycles. The van der Waals surface area contributed by atoms with Gasteiger partial charge < -0.3 is 9.47 Å². The number of sulfone groups is 1. The molecule has 1 amide bonds. The number of rotatable bonds is 3. The lowest BCUT2D eigenvalue weighted by atomic mass is 10.0. The summed E-state index contributed by atoms with van der Waals surface area (Å²) in [6.07, 6.45) is 3.42. The fraction of sp³-hybridized carbons (Fsp3) is 0.150. The number of hydrogen-bond donors (Lipinski definition) is 0. The number of amides is 1. The van der Waals surface area contributed by atoms with Crippen molar-refractivity contribution in [1.82, 2.24) is 14.5 Å². The third-order valence-corrected chi connectivity index (χ3v) is 6.68. The lowest BCUT2D eigenvalue weighted by Crippen LogP contribution is -2.28. The predicted molar refractivity (Wildman–Crippen MR) is 101 cm³/mol. The molecule has 0 bridgehead atoms. The van der Waals surface area contributed by atoms with E-state index in [4.69, 9.17) is 0 Å². The Morgan fingerprint density at radius 2 is 1.82 bits per heavy atom. The molecule has 142 valence electrons. The van der Waals surface area contributed by atoms with Crippen LogP contribution in [0.4, 0.5) is 0 Å². The van der Waals surface area contributed by atoms with Gasteiger partial charge in [0.1, 0.15) is 5.82 Å². The van der Waals surface area contributed by atoms with E-state index in [0.717, 1.165) is 0 Å². The Balaban J connectivity index is 1.73. The van der Waals surface area contributed by atoms with Crippen molar-refractivity contribution in [3.8, 4) is 0 Å². The second-order valence-corrected chi connectivity index (χ2v) is 8.54. The monoisotopic (exact) mass is 395 g/mol. The molecule has 1 aliphatic heterocycles. The Labute approximate surface area is 162 Å². The molecule has 7 nitrogen and oxygen atoms in total. The minimum Gasteiger partial charge on any atom is -0.337 e. The molecule has 1 aliphatic rings. The average Bonchev–Trinajstić information content (AvgIpc) is 3.10. The first-order valence-electron chi connectivity index (χ1n) is 8.55. The summed E-state index contributed by atoms with van der Waals surface area (Å²) in [4.78, 5) is 31.0. The van der Waals surface area contributed by atoms with Crippen LogP contribution in [0.15, 0.2) is 64.6 Å². The van der Waals surface area contributed by atoms with Crippen LogP contribution in [-0.2, 0) is 23.4 Å². The summed E-state index contributed by atoms with van der Waals surface area (Å²) in [5, 5.41) is 0. The van der Waals surface area contributed by atoms with Crippen LogP contribution in [0.3, 0.4) is 0 Å². The number of ketones is 1. The van der Waals surface area contributed by atoms with Crippen molar-refractivity contribution in [3.05, 3.63) is 77.4 Å². The minimum atomic E-state index is -3.88. The maximum Gasteiger partial charge on any atom is 0.254 e. The summed E-state index contributed by atoms with van der Waals surface area (Å²) in [6.45, 7) is 0.272. The van der Waals surface area contributed by atoms with E-state index in [9.17, 15) is 18.0 Å². The first-order valence-corrected chi connectivity index (χ1v) is 10.0. The Morgan fingerprint density at radius 1 is 1.11 bits per heavy atom. The molecule has 0 saturated heterocycles. The van der Waals surface area contributed by atoms with E-state index < -0.39 is 9.84 Å². The van der Waals surface area contributed by atoms with Crippen LogP contribution in [0, 0.1) is 0 Å². The van der Waals surface area contributed by atoms with E-state index in [1.165, 1.54) is 35.2 Å². The van der Waals surface area contributed by atoms with Crippen LogP contribution < -0.4 is 0 Å². The van der Waals surface area contributed by atoms with Gasteiger partial charge in [-0.1, -0.05) is 12.1 Å². The summed E-state index contributed by atoms with van der Waals surface area (Å²) in [7, 11) is -0.436. The lowest BCUT2D eigenvalue weighted by molar-refractivity contribution is 0.0779. The molecular formula is C20H17N3O4S. The highest BCUT2D eigenvalue weighted by Gasteiger charge is 2.35. The minimum absolute atomic E-state index is 0.0292. The number of aromatic nitrogens is 2. The molecule has 8 heteroatoms. The Kier molecular flexibility index (Phi) is 4.15. The molecule has 0 saturated carbocycles. The quantitative estimate of drug-likeness (QED) is 0.530. The highest BCUT2D eigenvalue weighted by atomic mass is 32.2. The Hall–Kier alpha value is -3.26. The van der Waals surface area contributed by atoms with Gasteiger partial charge in [-0.2, -0.15) is 0 Å². The molecule has 2 heterocycles. The molecule has 28 heavy (non-hydrogen) atoms. The molecule has 1 aromatic heterocycles. The maximum atomic E-state index is 13.0. The fourth-order valence-corrected chi connectivity index (χ4v) is 4.95. The van der Waals surface area contributed by atoms with Crippen molar-refractivity contribution in [2.24, 2.45) is 7.05 Å². The van der Waals surface area contributed by atoms with Crippen LogP contribution >= 0.6 is 0 Å². The SMILES string of the molecule is CN(Cc1nccn1C)C(=O)c1ccc2c(c1)S(=O)(=O)c1ccccc1C2=O. The highest BCUT2D eigenvalue weighted by Crippen LogP contribution is 2.34. The van der Waals surface area contributed by atoms with Gasteiger partial charge in [-0.3, -0.25) is 9.59 Å². The summed E-state index contributed by atoms with van der Waals surface area (Å²) in [6, 6.07) is 10.3. The van der Waals surface area contributed by atoms with Gasteiger partial charge in [0.15, 0.2) is 5.78 Å². The van der Waals surface area contributed by atoms with Gasteiger partial charge in [-0.25, -0.2) is 13.4 Å². The lowest BCUT2D eigenvalue weighted by Gasteiger charge is -2.21. The van der Waals surface area contributed by atoms with Crippen molar-refractivity contribution in [3.63, 3.8) is 0 Å². The molecule has 0 radical (unpaired) electrons. The van der Waals surface area contributed by atoms with Gasteiger partial charge >= 0.3 is 0 Å². The molecule has 0 aliphatic carbocycles. The van der Waals surface area contributed by atoms with E-state index >= 15 is 0 Å². The number of fused-ring (bicyclic) bond motifs is 2. The second kappa shape index (κ2) is 6.42. The third kappa shape index (κ3) is 2.73. The van der Waals surface area contributed by atoms with Crippen LogP contribution in [-0.4, -0.2) is 41.6 Å². The predicted octanol–water partition coefficient (Wildman–Crippen LogP) is 2.07. The summed E-state index contributed by atoms with van der Waals surface area (Å²) in [5.41, 5.74) is 0.439. The number of carbonyl (C=O) groups excluding carboxylic acids is 2. The first kappa shape index (κ1) is 18.1. The van der Waals surface area contributed by atoms with Crippen molar-refractivity contribution < 1.29 is 18.0 Å². The molecule has 0 spiro atoms. The third-order valence-electron chi connectivity index (χ3n) is 4.83. The van der Waals surface area contributed by atoms with Gasteiger partial charge in [0.05, 0.1) is 16.3 Å². The fourth-order valence-electron chi connectivity index (χ4n) is 3.27. The van der Waals surface area contributed by atoms with Gasteiger partial charge in [-0.15, -0.1) is 0 Å². The number of carbonyl (C=O) groups is 2. The van der Waals surface area contributed by atoms with Crippen molar-refractivity contribution in [2.45, 2.75) is 16.3 Å². The van der Waals surface area contributed by atoms with Gasteiger partial charge in [0, 0.05) is 43.2 Å². The van der Waals surface area contributed by atoms with E-state index in [2.05, 4.69) is 4.98 Å². The average molecular weight is 395 g/mol. The Morgan fingerprint density at radius 3 is 2.54 bits per heavy atom. The molecule has 0 N–H and O–H groups in total. The largest absolute Gasteiger partial charge is 0.337 e.